The van der Waals surface area contributed by atoms with E-state index in [1.54, 1.807) is 18.2 Å². The lowest BCUT2D eigenvalue weighted by molar-refractivity contribution is 0.0129. The van der Waals surface area contributed by atoms with Crippen LogP contribution in [0.15, 0.2) is 28.8 Å². The summed E-state index contributed by atoms with van der Waals surface area (Å²) < 4.78 is 46.1. The van der Waals surface area contributed by atoms with E-state index in [9.17, 15) is 13.6 Å². The minimum atomic E-state index is -1.04. The van der Waals surface area contributed by atoms with Crippen LogP contribution < -0.4 is 0 Å². The number of aromatic nitrogens is 2. The maximum Gasteiger partial charge on any atom is 0.343 e. The number of methoxy groups -OCH3 is 1. The summed E-state index contributed by atoms with van der Waals surface area (Å²) in [7, 11) is 1.09. The van der Waals surface area contributed by atoms with Crippen LogP contribution in [0.3, 0.4) is 0 Å². The highest BCUT2D eigenvalue weighted by Gasteiger charge is 2.34. The van der Waals surface area contributed by atoms with Crippen LogP contribution in [-0.2, 0) is 16.1 Å². The van der Waals surface area contributed by atoms with Crippen molar-refractivity contribution < 1.29 is 27.6 Å². The molecular weight excluding hydrogens is 569 g/mol. The highest BCUT2D eigenvalue weighted by atomic mass is 35.5. The zero-order valence-electron chi connectivity index (χ0n) is 20.9. The molecule has 6 nitrogen and oxygen atoms in total. The zero-order chi connectivity index (χ0) is 27.3. The fourth-order valence-electron chi connectivity index (χ4n) is 5.20. The first-order chi connectivity index (χ1) is 18.9. The number of thiazole rings is 1. The van der Waals surface area contributed by atoms with E-state index in [2.05, 4.69) is 14.9 Å². The Hall–Kier alpha value is -2.59. The largest absolute Gasteiger partial charge is 0.465 e. The van der Waals surface area contributed by atoms with Crippen LogP contribution in [-0.4, -0.2) is 29.3 Å². The Morgan fingerprint density at radius 3 is 2.46 bits per heavy atom. The first kappa shape index (κ1) is 26.6. The Labute approximate surface area is 237 Å². The van der Waals surface area contributed by atoms with E-state index in [1.165, 1.54) is 0 Å². The molecule has 2 heterocycles. The van der Waals surface area contributed by atoms with E-state index in [-0.39, 0.29) is 22.2 Å². The third kappa shape index (κ3) is 5.06. The predicted octanol–water partition coefficient (Wildman–Crippen LogP) is 8.44. The number of rotatable bonds is 7. The van der Waals surface area contributed by atoms with Crippen LogP contribution >= 0.6 is 34.5 Å². The van der Waals surface area contributed by atoms with E-state index in [0.29, 0.717) is 33.8 Å². The third-order valence-corrected chi connectivity index (χ3v) is 9.29. The molecule has 0 unspecified atom stereocenters. The first-order valence-electron chi connectivity index (χ1n) is 12.8. The lowest BCUT2D eigenvalue weighted by Crippen LogP contribution is -2.21. The summed E-state index contributed by atoms with van der Waals surface area (Å²) >= 11 is 14.1. The van der Waals surface area contributed by atoms with Crippen molar-refractivity contribution in [2.24, 2.45) is 0 Å². The van der Waals surface area contributed by atoms with Gasteiger partial charge in [0.05, 0.1) is 45.1 Å². The van der Waals surface area contributed by atoms with Crippen molar-refractivity contribution in [1.82, 2.24) is 10.1 Å². The molecule has 2 aliphatic carbocycles. The quantitative estimate of drug-likeness (QED) is 0.200. The third-order valence-electron chi connectivity index (χ3n) is 7.43. The highest BCUT2D eigenvalue weighted by molar-refractivity contribution is 7.18. The Kier molecular flexibility index (Phi) is 7.35. The summed E-state index contributed by atoms with van der Waals surface area (Å²) in [5.74, 6) is -1.67. The van der Waals surface area contributed by atoms with Gasteiger partial charge < -0.3 is 14.0 Å². The molecule has 0 saturated heterocycles. The number of fused-ring (bicyclic) bond motifs is 1. The Morgan fingerprint density at radius 2 is 1.79 bits per heavy atom. The number of carbonyl (C=O) groups excluding carboxylic acids is 1. The second-order valence-corrected chi connectivity index (χ2v) is 11.8. The Balaban J connectivity index is 1.16. The van der Waals surface area contributed by atoms with Gasteiger partial charge in [0.25, 0.3) is 0 Å². The molecule has 39 heavy (non-hydrogen) atoms. The van der Waals surface area contributed by atoms with Gasteiger partial charge in [-0.05, 0) is 50.7 Å². The topological polar surface area (TPSA) is 74.5 Å². The van der Waals surface area contributed by atoms with Gasteiger partial charge in [-0.25, -0.2) is 18.6 Å². The van der Waals surface area contributed by atoms with Crippen molar-refractivity contribution in [1.29, 1.82) is 0 Å². The molecule has 2 saturated carbocycles. The normalized spacial score (nSPS) is 19.5. The number of hydrogen-bond donors (Lipinski definition) is 0. The summed E-state index contributed by atoms with van der Waals surface area (Å²) in [6, 6.07) is 6.44. The van der Waals surface area contributed by atoms with Gasteiger partial charge in [-0.15, -0.1) is 11.3 Å². The second kappa shape index (κ2) is 10.8. The molecule has 0 amide bonds. The molecule has 2 aromatic heterocycles. The van der Waals surface area contributed by atoms with E-state index in [4.69, 9.17) is 32.5 Å². The van der Waals surface area contributed by atoms with Crippen LogP contribution in [0.2, 0.25) is 10.0 Å². The molecule has 204 valence electrons. The number of ether oxygens (including phenoxy) is 2. The van der Waals surface area contributed by atoms with Gasteiger partial charge in [-0.2, -0.15) is 0 Å². The summed E-state index contributed by atoms with van der Waals surface area (Å²) in [6.07, 6.45) is 5.29. The minimum absolute atomic E-state index is 0.0206. The molecule has 0 aliphatic heterocycles. The van der Waals surface area contributed by atoms with Crippen LogP contribution in [0.1, 0.15) is 77.1 Å². The summed E-state index contributed by atoms with van der Waals surface area (Å²) in [5, 5.41) is 6.07. The monoisotopic (exact) mass is 592 g/mol. The molecule has 0 bridgehead atoms. The molecule has 6 rings (SSSR count). The number of hydrogen-bond acceptors (Lipinski definition) is 7. The lowest BCUT2D eigenvalue weighted by Gasteiger charge is -2.27. The molecule has 0 N–H and O–H groups in total. The van der Waals surface area contributed by atoms with Crippen molar-refractivity contribution in [3.05, 3.63) is 67.8 Å². The molecule has 0 radical (unpaired) electrons. The second-order valence-electron chi connectivity index (χ2n) is 9.97. The van der Waals surface area contributed by atoms with Crippen LogP contribution in [0.25, 0.3) is 21.5 Å². The van der Waals surface area contributed by atoms with Crippen molar-refractivity contribution in [3.63, 3.8) is 0 Å². The number of nitrogens with zero attached hydrogens (tertiary/aromatic N) is 2. The van der Waals surface area contributed by atoms with Gasteiger partial charge in [0.1, 0.15) is 22.8 Å². The van der Waals surface area contributed by atoms with Crippen molar-refractivity contribution in [2.75, 3.05) is 7.11 Å². The fraction of sp³-hybridized carbons (Fsp3) is 0.393. The van der Waals surface area contributed by atoms with Crippen molar-refractivity contribution in [3.8, 4) is 11.3 Å². The SMILES string of the molecule is COC(=O)c1c(F)cc2nc([C@H]3CC[C@H](OCc4c(-c5c(Cl)cccc5Cl)noc4C4CC4)CC3)sc2c1F. The molecule has 2 aromatic carbocycles. The first-order valence-corrected chi connectivity index (χ1v) is 14.3. The van der Waals surface area contributed by atoms with Crippen LogP contribution in [0.5, 0.6) is 0 Å². The standard InChI is InChI=1S/C28H24Cl2F2N2O4S/c1-36-28(35)22-19(31)11-20-26(23(22)32)39-27(33-20)14-7-9-15(10-8-14)37-12-16-24(34-38-25(16)13-5-6-13)21-17(29)3-2-4-18(21)30/h2-4,11,13-15H,5-10,12H2,1H3/t14-,15-. The van der Waals surface area contributed by atoms with E-state index in [1.807, 2.05) is 0 Å². The summed E-state index contributed by atoms with van der Waals surface area (Å²) in [5.41, 5.74) is 1.68. The number of halogens is 4. The maximum absolute atomic E-state index is 14.9. The van der Waals surface area contributed by atoms with Gasteiger partial charge in [0.2, 0.25) is 0 Å². The minimum Gasteiger partial charge on any atom is -0.465 e. The summed E-state index contributed by atoms with van der Waals surface area (Å²) in [6.45, 7) is 0.337. The Bertz CT molecular complexity index is 1540. The molecule has 0 atom stereocenters. The highest BCUT2D eigenvalue weighted by Crippen LogP contribution is 2.46. The molecule has 11 heteroatoms. The van der Waals surface area contributed by atoms with Gasteiger partial charge in [-0.1, -0.05) is 34.4 Å². The van der Waals surface area contributed by atoms with Gasteiger partial charge in [0, 0.05) is 29.0 Å². The fourth-order valence-corrected chi connectivity index (χ4v) is 6.94. The number of esters is 1. The molecular formula is C28H24Cl2F2N2O4S. The van der Waals surface area contributed by atoms with Gasteiger partial charge >= 0.3 is 5.97 Å². The van der Waals surface area contributed by atoms with E-state index in [0.717, 1.165) is 79.4 Å². The van der Waals surface area contributed by atoms with Gasteiger partial charge in [-0.3, -0.25) is 0 Å². The number of carbonyl (C=O) groups is 1. The maximum atomic E-state index is 14.9. The van der Waals surface area contributed by atoms with E-state index >= 15 is 0 Å². The molecule has 4 aromatic rings. The van der Waals surface area contributed by atoms with Gasteiger partial charge in [0.15, 0.2) is 5.82 Å². The van der Waals surface area contributed by atoms with Crippen LogP contribution in [0.4, 0.5) is 8.78 Å². The van der Waals surface area contributed by atoms with Crippen molar-refractivity contribution in [2.45, 2.75) is 63.1 Å². The van der Waals surface area contributed by atoms with E-state index < -0.39 is 23.2 Å². The predicted molar refractivity (Wildman–Crippen MR) is 145 cm³/mol. The lowest BCUT2D eigenvalue weighted by atomic mass is 9.88. The Morgan fingerprint density at radius 1 is 1.10 bits per heavy atom. The molecule has 0 spiro atoms. The molecule has 2 fully saturated rings. The molecule has 2 aliphatic rings. The average Bonchev–Trinajstić information content (AvgIpc) is 3.54. The zero-order valence-corrected chi connectivity index (χ0v) is 23.3. The summed E-state index contributed by atoms with van der Waals surface area (Å²) in [4.78, 5) is 16.3. The number of benzene rings is 2. The smallest absolute Gasteiger partial charge is 0.343 e. The van der Waals surface area contributed by atoms with Crippen LogP contribution in [0, 0.1) is 11.6 Å². The average molecular weight is 593 g/mol. The van der Waals surface area contributed by atoms with Crippen molar-refractivity contribution >= 4 is 50.7 Å².